The van der Waals surface area contributed by atoms with Crippen LogP contribution in [0.15, 0.2) is 66.7 Å². The van der Waals surface area contributed by atoms with Gasteiger partial charge in [0.05, 0.1) is 45.5 Å². The van der Waals surface area contributed by atoms with Crippen molar-refractivity contribution in [3.8, 4) is 39.9 Å². The third kappa shape index (κ3) is 5.23. The minimum atomic E-state index is 0.454. The maximum atomic E-state index is 5.71. The van der Waals surface area contributed by atoms with Crippen molar-refractivity contribution in [2.75, 3.05) is 28.4 Å². The van der Waals surface area contributed by atoms with E-state index in [1.54, 1.807) is 28.4 Å². The zero-order valence-electron chi connectivity index (χ0n) is 21.6. The third-order valence-electron chi connectivity index (χ3n) is 6.09. The lowest BCUT2D eigenvalue weighted by Crippen LogP contribution is -2.01. The molecule has 0 aliphatic rings. The Morgan fingerprint density at radius 3 is 1.94 bits per heavy atom. The van der Waals surface area contributed by atoms with E-state index in [1.807, 2.05) is 59.3 Å². The Balaban J connectivity index is 1.81. The van der Waals surface area contributed by atoms with Crippen molar-refractivity contribution in [2.24, 2.45) is 0 Å². The maximum absolute atomic E-state index is 5.71. The zero-order chi connectivity index (χ0) is 25.7. The van der Waals surface area contributed by atoms with Gasteiger partial charge in [0.2, 0.25) is 0 Å². The van der Waals surface area contributed by atoms with Crippen molar-refractivity contribution in [3.05, 3.63) is 83.6 Å². The lowest BCUT2D eigenvalue weighted by Gasteiger charge is -2.13. The van der Waals surface area contributed by atoms with Crippen molar-refractivity contribution >= 4 is 12.2 Å². The van der Waals surface area contributed by atoms with Gasteiger partial charge in [-0.15, -0.1) is 0 Å². The first-order valence-corrected chi connectivity index (χ1v) is 11.8. The molecule has 0 unspecified atom stereocenters. The molecule has 4 rings (SSSR count). The zero-order valence-corrected chi connectivity index (χ0v) is 21.6. The Morgan fingerprint density at radius 2 is 1.33 bits per heavy atom. The van der Waals surface area contributed by atoms with Crippen molar-refractivity contribution in [3.63, 3.8) is 0 Å². The maximum Gasteiger partial charge on any atom is 0.131 e. The van der Waals surface area contributed by atoms with E-state index < -0.39 is 0 Å². The number of methoxy groups -OCH3 is 4. The second-order valence-electron chi connectivity index (χ2n) is 8.62. The molecule has 4 aromatic rings. The van der Waals surface area contributed by atoms with Crippen molar-refractivity contribution in [1.82, 2.24) is 9.78 Å². The number of hydrogen-bond donors (Lipinski definition) is 0. The van der Waals surface area contributed by atoms with Crippen LogP contribution in [0.5, 0.6) is 23.0 Å². The number of hydrogen-bond acceptors (Lipinski definition) is 5. The van der Waals surface area contributed by atoms with Crippen LogP contribution in [0.4, 0.5) is 0 Å². The van der Waals surface area contributed by atoms with E-state index in [0.29, 0.717) is 11.7 Å². The predicted octanol–water partition coefficient (Wildman–Crippen LogP) is 6.87. The van der Waals surface area contributed by atoms with Gasteiger partial charge in [-0.2, -0.15) is 5.10 Å². The van der Waals surface area contributed by atoms with Gasteiger partial charge in [-0.1, -0.05) is 26.0 Å². The first kappa shape index (κ1) is 24.9. The van der Waals surface area contributed by atoms with E-state index in [0.717, 1.165) is 45.5 Å². The molecule has 1 heterocycles. The van der Waals surface area contributed by atoms with E-state index in [1.165, 1.54) is 5.56 Å². The number of benzene rings is 3. The predicted molar refractivity (Wildman–Crippen MR) is 145 cm³/mol. The highest BCUT2D eigenvalue weighted by Crippen LogP contribution is 2.35. The van der Waals surface area contributed by atoms with Gasteiger partial charge < -0.3 is 18.9 Å². The van der Waals surface area contributed by atoms with Gasteiger partial charge in [-0.05, 0) is 66.1 Å². The molecule has 0 saturated heterocycles. The van der Waals surface area contributed by atoms with E-state index in [4.69, 9.17) is 24.0 Å². The molecule has 1 aromatic heterocycles. The van der Waals surface area contributed by atoms with Crippen molar-refractivity contribution in [2.45, 2.75) is 19.8 Å². The molecule has 186 valence electrons. The molecule has 0 bridgehead atoms. The molecule has 0 fully saturated rings. The fourth-order valence-corrected chi connectivity index (χ4v) is 4.01. The van der Waals surface area contributed by atoms with Crippen molar-refractivity contribution in [1.29, 1.82) is 0 Å². The molecule has 0 N–H and O–H groups in total. The first-order valence-electron chi connectivity index (χ1n) is 11.8. The van der Waals surface area contributed by atoms with E-state index in [9.17, 15) is 0 Å². The average molecular weight is 485 g/mol. The molecule has 0 spiro atoms. The molecule has 0 amide bonds. The van der Waals surface area contributed by atoms with Gasteiger partial charge in [0.15, 0.2) is 0 Å². The summed E-state index contributed by atoms with van der Waals surface area (Å²) in [6.07, 6.45) is 3.96. The standard InChI is InChI=1S/C30H32N2O4/c1-20(2)21-8-12-24(13-9-21)32-28(27-16-15-26(34-4)19-30(27)36-6)17-23(31-32)11-7-22-10-14-25(33-3)18-29(22)35-5/h7-20H,1-6H3. The largest absolute Gasteiger partial charge is 0.497 e. The minimum absolute atomic E-state index is 0.454. The Bertz CT molecular complexity index is 1350. The molecule has 6 nitrogen and oxygen atoms in total. The Labute approximate surface area is 212 Å². The molecule has 3 aromatic carbocycles. The van der Waals surface area contributed by atoms with Gasteiger partial charge in [-0.3, -0.25) is 0 Å². The fourth-order valence-electron chi connectivity index (χ4n) is 4.01. The summed E-state index contributed by atoms with van der Waals surface area (Å²) in [6, 6.07) is 22.1. The van der Waals surface area contributed by atoms with E-state index >= 15 is 0 Å². The van der Waals surface area contributed by atoms with E-state index in [-0.39, 0.29) is 0 Å². The molecular formula is C30H32N2O4. The second kappa shape index (κ2) is 11.0. The summed E-state index contributed by atoms with van der Waals surface area (Å²) in [5.74, 6) is 3.37. The topological polar surface area (TPSA) is 54.7 Å². The van der Waals surface area contributed by atoms with Crippen LogP contribution < -0.4 is 18.9 Å². The highest BCUT2D eigenvalue weighted by Gasteiger charge is 2.16. The number of aromatic nitrogens is 2. The fraction of sp³-hybridized carbons (Fsp3) is 0.233. The van der Waals surface area contributed by atoms with Crippen LogP contribution in [0, 0.1) is 0 Å². The highest BCUT2D eigenvalue weighted by atomic mass is 16.5. The quantitative estimate of drug-likeness (QED) is 0.260. The van der Waals surface area contributed by atoms with Crippen LogP contribution in [0.2, 0.25) is 0 Å². The first-order chi connectivity index (χ1) is 17.5. The van der Waals surface area contributed by atoms with Gasteiger partial charge in [-0.25, -0.2) is 4.68 Å². The summed E-state index contributed by atoms with van der Waals surface area (Å²) in [6.45, 7) is 4.37. The average Bonchev–Trinajstić information content (AvgIpc) is 3.35. The van der Waals surface area contributed by atoms with Gasteiger partial charge in [0.1, 0.15) is 23.0 Å². The molecule has 0 aliphatic carbocycles. The summed E-state index contributed by atoms with van der Waals surface area (Å²) >= 11 is 0. The van der Waals surface area contributed by atoms with Crippen LogP contribution in [0.3, 0.4) is 0 Å². The molecule has 0 saturated carbocycles. The molecule has 0 aliphatic heterocycles. The van der Waals surface area contributed by atoms with Crippen LogP contribution >= 0.6 is 0 Å². The molecule has 36 heavy (non-hydrogen) atoms. The second-order valence-corrected chi connectivity index (χ2v) is 8.62. The van der Waals surface area contributed by atoms with Crippen LogP contribution in [0.1, 0.15) is 36.6 Å². The van der Waals surface area contributed by atoms with Crippen molar-refractivity contribution < 1.29 is 18.9 Å². The molecular weight excluding hydrogens is 452 g/mol. The van der Waals surface area contributed by atoms with E-state index in [2.05, 4.69) is 38.1 Å². The summed E-state index contributed by atoms with van der Waals surface area (Å²) in [4.78, 5) is 0. The number of rotatable bonds is 9. The lowest BCUT2D eigenvalue weighted by molar-refractivity contribution is 0.393. The highest BCUT2D eigenvalue weighted by molar-refractivity contribution is 5.76. The summed E-state index contributed by atoms with van der Waals surface area (Å²) < 4.78 is 23.9. The van der Waals surface area contributed by atoms with Crippen LogP contribution in [0.25, 0.3) is 29.1 Å². The lowest BCUT2D eigenvalue weighted by atomic mass is 10.0. The van der Waals surface area contributed by atoms with Gasteiger partial charge >= 0.3 is 0 Å². The summed E-state index contributed by atoms with van der Waals surface area (Å²) in [5.41, 5.74) is 5.80. The smallest absolute Gasteiger partial charge is 0.131 e. The molecule has 6 heteroatoms. The summed E-state index contributed by atoms with van der Waals surface area (Å²) in [7, 11) is 6.59. The van der Waals surface area contributed by atoms with Gasteiger partial charge in [0.25, 0.3) is 0 Å². The normalized spacial score (nSPS) is 11.2. The number of ether oxygens (including phenoxy) is 4. The van der Waals surface area contributed by atoms with Crippen LogP contribution in [-0.4, -0.2) is 38.2 Å². The Kier molecular flexibility index (Phi) is 7.64. The SMILES string of the molecule is COc1ccc(C=Cc2cc(-c3ccc(OC)cc3OC)n(-c3ccc(C(C)C)cc3)n2)c(OC)c1. The summed E-state index contributed by atoms with van der Waals surface area (Å²) in [5, 5.41) is 4.93. The van der Waals surface area contributed by atoms with Crippen LogP contribution in [-0.2, 0) is 0 Å². The number of nitrogens with zero attached hydrogens (tertiary/aromatic N) is 2. The Hall–Kier alpha value is -4.19. The Morgan fingerprint density at radius 1 is 0.694 bits per heavy atom. The molecule has 0 atom stereocenters. The molecule has 0 radical (unpaired) electrons. The van der Waals surface area contributed by atoms with Gasteiger partial charge in [0, 0.05) is 23.3 Å². The third-order valence-corrected chi connectivity index (χ3v) is 6.09. The monoisotopic (exact) mass is 484 g/mol. The minimum Gasteiger partial charge on any atom is -0.497 e.